The molecule has 0 spiro atoms. The predicted molar refractivity (Wildman–Crippen MR) is 152 cm³/mol. The molecule has 1 fully saturated rings. The van der Waals surface area contributed by atoms with Gasteiger partial charge in [0.05, 0.1) is 23.9 Å². The average molecular weight is 582 g/mol. The second-order valence-electron chi connectivity index (χ2n) is 9.32. The molecule has 1 aliphatic rings. The number of rotatable bonds is 8. The third kappa shape index (κ3) is 6.09. The van der Waals surface area contributed by atoms with E-state index >= 15 is 0 Å². The summed E-state index contributed by atoms with van der Waals surface area (Å²) in [5.74, 6) is -0.201. The summed E-state index contributed by atoms with van der Waals surface area (Å²) in [7, 11) is -3.74. The topological polar surface area (TPSA) is 106 Å². The number of aromatic nitrogens is 3. The van der Waals surface area contributed by atoms with Gasteiger partial charge in [0, 0.05) is 30.0 Å². The molecular formula is C28H28FN5O4S2. The van der Waals surface area contributed by atoms with E-state index in [1.807, 2.05) is 32.0 Å². The van der Waals surface area contributed by atoms with Crippen molar-refractivity contribution in [1.29, 1.82) is 0 Å². The first-order valence-electron chi connectivity index (χ1n) is 12.6. The number of nitrogens with one attached hydrogen (secondary N) is 1. The average Bonchev–Trinajstić information content (AvgIpc) is 3.39. The summed E-state index contributed by atoms with van der Waals surface area (Å²) in [4.78, 5) is 12.9. The van der Waals surface area contributed by atoms with E-state index in [0.717, 1.165) is 16.8 Å². The Kier molecular flexibility index (Phi) is 8.31. The summed E-state index contributed by atoms with van der Waals surface area (Å²) in [6.07, 6.45) is 0. The maximum atomic E-state index is 13.8. The van der Waals surface area contributed by atoms with Crippen molar-refractivity contribution in [3.8, 4) is 17.1 Å². The lowest BCUT2D eigenvalue weighted by Gasteiger charge is -2.26. The Bertz CT molecular complexity index is 1630. The van der Waals surface area contributed by atoms with Gasteiger partial charge < -0.3 is 10.1 Å². The van der Waals surface area contributed by atoms with Crippen molar-refractivity contribution in [2.24, 2.45) is 0 Å². The predicted octanol–water partition coefficient (Wildman–Crippen LogP) is 4.44. The fraction of sp³-hybridized carbons (Fsp3) is 0.250. The van der Waals surface area contributed by atoms with Gasteiger partial charge in [0.15, 0.2) is 11.0 Å². The van der Waals surface area contributed by atoms with Crippen molar-refractivity contribution in [2.45, 2.75) is 23.9 Å². The summed E-state index contributed by atoms with van der Waals surface area (Å²) in [6.45, 7) is 5.13. The van der Waals surface area contributed by atoms with Crippen LogP contribution in [0.3, 0.4) is 0 Å². The van der Waals surface area contributed by atoms with E-state index in [2.05, 4.69) is 15.5 Å². The molecule has 1 aliphatic heterocycles. The Morgan fingerprint density at radius 3 is 2.52 bits per heavy atom. The van der Waals surface area contributed by atoms with Crippen LogP contribution in [0.4, 0.5) is 10.1 Å². The minimum atomic E-state index is -3.74. The number of amides is 1. The normalized spacial score (nSPS) is 14.3. The molecule has 0 aliphatic carbocycles. The second-order valence-corrected chi connectivity index (χ2v) is 12.2. The molecule has 40 heavy (non-hydrogen) atoms. The van der Waals surface area contributed by atoms with Crippen molar-refractivity contribution in [3.63, 3.8) is 0 Å². The van der Waals surface area contributed by atoms with Crippen LogP contribution in [-0.4, -0.2) is 65.5 Å². The fourth-order valence-corrected chi connectivity index (χ4v) is 6.50. The zero-order valence-electron chi connectivity index (χ0n) is 22.0. The van der Waals surface area contributed by atoms with Crippen molar-refractivity contribution in [2.75, 3.05) is 37.4 Å². The molecule has 1 saturated heterocycles. The van der Waals surface area contributed by atoms with E-state index in [1.54, 1.807) is 41.0 Å². The number of hydrogen-bond acceptors (Lipinski definition) is 7. The highest BCUT2D eigenvalue weighted by Crippen LogP contribution is 2.30. The second kappa shape index (κ2) is 11.9. The van der Waals surface area contributed by atoms with Crippen molar-refractivity contribution in [1.82, 2.24) is 19.1 Å². The highest BCUT2D eigenvalue weighted by molar-refractivity contribution is 7.99. The molecule has 12 heteroatoms. The summed E-state index contributed by atoms with van der Waals surface area (Å²) in [5, 5.41) is 12.0. The molecule has 0 bridgehead atoms. The first-order valence-corrected chi connectivity index (χ1v) is 15.0. The largest absolute Gasteiger partial charge is 0.379 e. The van der Waals surface area contributed by atoms with Crippen LogP contribution in [0.25, 0.3) is 17.1 Å². The molecule has 1 N–H and O–H groups in total. The lowest BCUT2D eigenvalue weighted by molar-refractivity contribution is -0.113. The number of aryl methyl sites for hydroxylation is 2. The zero-order valence-corrected chi connectivity index (χ0v) is 23.6. The molecule has 5 rings (SSSR count). The van der Waals surface area contributed by atoms with E-state index in [4.69, 9.17) is 4.74 Å². The number of hydrogen-bond donors (Lipinski definition) is 1. The van der Waals surface area contributed by atoms with Crippen LogP contribution < -0.4 is 5.32 Å². The molecule has 1 amide bonds. The van der Waals surface area contributed by atoms with Crippen molar-refractivity contribution >= 4 is 33.4 Å². The number of sulfonamides is 1. The number of carbonyl (C=O) groups is 1. The number of benzene rings is 3. The molecule has 1 aromatic heterocycles. The molecule has 9 nitrogen and oxygen atoms in total. The van der Waals surface area contributed by atoms with Crippen LogP contribution >= 0.6 is 11.8 Å². The van der Waals surface area contributed by atoms with Gasteiger partial charge in [-0.05, 0) is 67.4 Å². The number of morpholine rings is 1. The Hall–Kier alpha value is -3.58. The van der Waals surface area contributed by atoms with Gasteiger partial charge in [0.2, 0.25) is 15.9 Å². The third-order valence-electron chi connectivity index (χ3n) is 6.42. The summed E-state index contributed by atoms with van der Waals surface area (Å²) in [5.41, 5.74) is 3.81. The van der Waals surface area contributed by atoms with Crippen LogP contribution in [0.2, 0.25) is 0 Å². The fourth-order valence-electron chi connectivity index (χ4n) is 4.29. The van der Waals surface area contributed by atoms with Crippen LogP contribution in [-0.2, 0) is 19.6 Å². The van der Waals surface area contributed by atoms with Gasteiger partial charge in [-0.2, -0.15) is 4.31 Å². The zero-order chi connectivity index (χ0) is 28.3. The van der Waals surface area contributed by atoms with Gasteiger partial charge in [0.1, 0.15) is 5.82 Å². The monoisotopic (exact) mass is 581 g/mol. The molecule has 0 radical (unpaired) electrons. The van der Waals surface area contributed by atoms with Crippen LogP contribution in [0.5, 0.6) is 0 Å². The first-order chi connectivity index (χ1) is 19.2. The number of anilines is 1. The molecule has 3 aromatic carbocycles. The summed E-state index contributed by atoms with van der Waals surface area (Å²) in [6, 6.07) is 18.1. The van der Waals surface area contributed by atoms with Crippen LogP contribution in [0.15, 0.2) is 76.8 Å². The third-order valence-corrected chi connectivity index (χ3v) is 9.24. The summed E-state index contributed by atoms with van der Waals surface area (Å²) >= 11 is 1.17. The van der Waals surface area contributed by atoms with E-state index in [-0.39, 0.29) is 29.6 Å². The minimum absolute atomic E-state index is 0.0537. The van der Waals surface area contributed by atoms with Crippen LogP contribution in [0, 0.1) is 19.7 Å². The smallest absolute Gasteiger partial charge is 0.243 e. The molecular weight excluding hydrogens is 553 g/mol. The maximum absolute atomic E-state index is 13.8. The number of thioether (sulfide) groups is 1. The molecule has 0 saturated carbocycles. The van der Waals surface area contributed by atoms with E-state index in [1.165, 1.54) is 28.2 Å². The van der Waals surface area contributed by atoms with E-state index in [9.17, 15) is 17.6 Å². The number of halogens is 1. The lowest BCUT2D eigenvalue weighted by Crippen LogP contribution is -2.40. The highest BCUT2D eigenvalue weighted by atomic mass is 32.2. The van der Waals surface area contributed by atoms with E-state index < -0.39 is 15.8 Å². The standard InChI is InChI=1S/C28H28FN5O4S2/c1-19-6-7-20(2)25(16-19)30-26(35)18-39-28-32-31-27(34(28)23-10-8-22(29)9-11-23)21-4-3-5-24(17-21)40(36,37)33-12-14-38-15-13-33/h3-11,16-17H,12-15,18H2,1-2H3,(H,30,35). The summed E-state index contributed by atoms with van der Waals surface area (Å²) < 4.78 is 48.7. The molecule has 4 aromatic rings. The van der Waals surface area contributed by atoms with Crippen LogP contribution in [0.1, 0.15) is 11.1 Å². The SMILES string of the molecule is Cc1ccc(C)c(NC(=O)CSc2nnc(-c3cccc(S(=O)(=O)N4CCOCC4)c3)n2-c2ccc(F)cc2)c1. The number of ether oxygens (including phenoxy) is 1. The molecule has 2 heterocycles. The quantitative estimate of drug-likeness (QED) is 0.307. The van der Waals surface area contributed by atoms with Gasteiger partial charge in [-0.25, -0.2) is 12.8 Å². The van der Waals surface area contributed by atoms with Gasteiger partial charge in [-0.15, -0.1) is 10.2 Å². The van der Waals surface area contributed by atoms with Gasteiger partial charge in [-0.1, -0.05) is 36.0 Å². The van der Waals surface area contributed by atoms with Crippen molar-refractivity contribution < 1.29 is 22.3 Å². The van der Waals surface area contributed by atoms with Gasteiger partial charge in [0.25, 0.3) is 0 Å². The van der Waals surface area contributed by atoms with E-state index in [0.29, 0.717) is 35.4 Å². The molecule has 0 unspecified atom stereocenters. The highest BCUT2D eigenvalue weighted by Gasteiger charge is 2.27. The maximum Gasteiger partial charge on any atom is 0.243 e. The number of nitrogens with zero attached hydrogens (tertiary/aromatic N) is 4. The Balaban J connectivity index is 1.45. The lowest BCUT2D eigenvalue weighted by atomic mass is 10.1. The number of carbonyl (C=O) groups excluding carboxylic acids is 1. The molecule has 0 atom stereocenters. The van der Waals surface area contributed by atoms with Gasteiger partial charge >= 0.3 is 0 Å². The minimum Gasteiger partial charge on any atom is -0.379 e. The first kappa shape index (κ1) is 28.0. The van der Waals surface area contributed by atoms with Crippen molar-refractivity contribution in [3.05, 3.63) is 83.7 Å². The Morgan fingerprint density at radius 2 is 1.77 bits per heavy atom. The molecule has 208 valence electrons. The van der Waals surface area contributed by atoms with Gasteiger partial charge in [-0.3, -0.25) is 9.36 Å². The Labute approximate surface area is 236 Å². The Morgan fingerprint density at radius 1 is 1.02 bits per heavy atom.